The molecule has 1 aromatic carbocycles. The fraction of sp³-hybridized carbons (Fsp3) is 0.0909. The van der Waals surface area contributed by atoms with Crippen LogP contribution in [0.5, 0.6) is 5.75 Å². The Morgan fingerprint density at radius 1 is 1.44 bits per heavy atom. The fourth-order valence-corrected chi connectivity index (χ4v) is 2.38. The van der Waals surface area contributed by atoms with Crippen molar-refractivity contribution in [1.29, 1.82) is 0 Å². The first-order valence-corrected chi connectivity index (χ1v) is 5.81. The standard InChI is InChI=1S/C11H9NO2S2/c1-14-8-5-3-2-4-7(8)6-9-10(13)12-11(15)16-9/h2-6H,1H3,(H,12,13,15)/b9-6+. The van der Waals surface area contributed by atoms with Crippen molar-refractivity contribution in [2.24, 2.45) is 0 Å². The second kappa shape index (κ2) is 4.67. The number of para-hydroxylation sites is 1. The monoisotopic (exact) mass is 251 g/mol. The van der Waals surface area contributed by atoms with E-state index in [1.165, 1.54) is 11.8 Å². The minimum atomic E-state index is -0.152. The predicted molar refractivity (Wildman–Crippen MR) is 69.3 cm³/mol. The highest BCUT2D eigenvalue weighted by Gasteiger charge is 2.22. The van der Waals surface area contributed by atoms with Gasteiger partial charge < -0.3 is 10.1 Å². The van der Waals surface area contributed by atoms with E-state index in [9.17, 15) is 4.79 Å². The lowest BCUT2D eigenvalue weighted by Gasteiger charge is -2.03. The summed E-state index contributed by atoms with van der Waals surface area (Å²) in [6.07, 6.45) is 1.78. The SMILES string of the molecule is COc1ccccc1/C=C1/SC(=S)NC1=O. The molecule has 1 saturated heterocycles. The number of methoxy groups -OCH3 is 1. The molecule has 0 spiro atoms. The maximum absolute atomic E-state index is 11.5. The van der Waals surface area contributed by atoms with E-state index < -0.39 is 0 Å². The fourth-order valence-electron chi connectivity index (χ4n) is 1.35. The summed E-state index contributed by atoms with van der Waals surface area (Å²) in [5.74, 6) is 0.585. The second-order valence-corrected chi connectivity index (χ2v) is 4.81. The van der Waals surface area contributed by atoms with Crippen LogP contribution in [0.25, 0.3) is 6.08 Å². The van der Waals surface area contributed by atoms with Crippen LogP contribution in [0.2, 0.25) is 0 Å². The molecular formula is C11H9NO2S2. The van der Waals surface area contributed by atoms with Crippen LogP contribution < -0.4 is 10.1 Å². The Bertz CT molecular complexity index is 483. The molecule has 0 aliphatic carbocycles. The van der Waals surface area contributed by atoms with Crippen LogP contribution in [0.15, 0.2) is 29.2 Å². The van der Waals surface area contributed by atoms with E-state index in [0.29, 0.717) is 9.23 Å². The van der Waals surface area contributed by atoms with Gasteiger partial charge in [0, 0.05) is 5.56 Å². The summed E-state index contributed by atoms with van der Waals surface area (Å²) in [4.78, 5) is 12.1. The molecule has 2 rings (SSSR count). The molecule has 0 radical (unpaired) electrons. The zero-order valence-electron chi connectivity index (χ0n) is 8.52. The number of thiocarbonyl (C=S) groups is 1. The molecule has 1 aliphatic heterocycles. The van der Waals surface area contributed by atoms with Gasteiger partial charge in [-0.25, -0.2) is 0 Å². The topological polar surface area (TPSA) is 38.3 Å². The van der Waals surface area contributed by atoms with Crippen LogP contribution >= 0.6 is 24.0 Å². The molecule has 0 saturated carbocycles. The van der Waals surface area contributed by atoms with Gasteiger partial charge in [-0.2, -0.15) is 0 Å². The Hall–Kier alpha value is -1.33. The number of hydrogen-bond acceptors (Lipinski definition) is 4. The number of benzene rings is 1. The zero-order chi connectivity index (χ0) is 11.5. The van der Waals surface area contributed by atoms with Gasteiger partial charge in [-0.1, -0.05) is 42.2 Å². The number of nitrogens with one attached hydrogen (secondary N) is 1. The van der Waals surface area contributed by atoms with Crippen LogP contribution in [0, 0.1) is 0 Å². The third-order valence-electron chi connectivity index (χ3n) is 2.07. The first-order valence-electron chi connectivity index (χ1n) is 4.58. The predicted octanol–water partition coefficient (Wildman–Crippen LogP) is 2.18. The molecule has 1 amide bonds. The third-order valence-corrected chi connectivity index (χ3v) is 3.23. The number of rotatable bonds is 2. The molecule has 1 aromatic rings. The first kappa shape index (κ1) is 11.2. The van der Waals surface area contributed by atoms with Crippen molar-refractivity contribution in [3.05, 3.63) is 34.7 Å². The van der Waals surface area contributed by atoms with E-state index in [1.54, 1.807) is 13.2 Å². The van der Waals surface area contributed by atoms with E-state index in [1.807, 2.05) is 24.3 Å². The van der Waals surface area contributed by atoms with Crippen molar-refractivity contribution < 1.29 is 9.53 Å². The van der Waals surface area contributed by atoms with Crippen LogP contribution in [-0.2, 0) is 4.79 Å². The van der Waals surface area contributed by atoms with Gasteiger partial charge in [0.2, 0.25) is 0 Å². The lowest BCUT2D eigenvalue weighted by molar-refractivity contribution is -0.115. The van der Waals surface area contributed by atoms with E-state index in [4.69, 9.17) is 17.0 Å². The summed E-state index contributed by atoms with van der Waals surface area (Å²) < 4.78 is 5.69. The van der Waals surface area contributed by atoms with Gasteiger partial charge >= 0.3 is 0 Å². The van der Waals surface area contributed by atoms with Gasteiger partial charge in [0.25, 0.3) is 5.91 Å². The molecule has 82 valence electrons. The Kier molecular flexibility index (Phi) is 3.26. The molecule has 1 fully saturated rings. The van der Waals surface area contributed by atoms with Crippen LogP contribution in [0.1, 0.15) is 5.56 Å². The molecule has 16 heavy (non-hydrogen) atoms. The van der Waals surface area contributed by atoms with Crippen molar-refractivity contribution in [2.45, 2.75) is 0 Å². The minimum absolute atomic E-state index is 0.152. The zero-order valence-corrected chi connectivity index (χ0v) is 10.2. The quantitative estimate of drug-likeness (QED) is 0.646. The first-order chi connectivity index (χ1) is 7.70. The Labute approximate surface area is 103 Å². The van der Waals surface area contributed by atoms with Crippen molar-refractivity contribution in [3.8, 4) is 5.75 Å². The minimum Gasteiger partial charge on any atom is -0.496 e. The third kappa shape index (κ3) is 2.25. The van der Waals surface area contributed by atoms with E-state index in [2.05, 4.69) is 5.32 Å². The van der Waals surface area contributed by atoms with E-state index >= 15 is 0 Å². The molecule has 1 heterocycles. The van der Waals surface area contributed by atoms with Crippen molar-refractivity contribution in [2.75, 3.05) is 7.11 Å². The molecule has 0 bridgehead atoms. The molecule has 0 atom stereocenters. The smallest absolute Gasteiger partial charge is 0.263 e. The molecule has 0 unspecified atom stereocenters. The van der Waals surface area contributed by atoms with Gasteiger partial charge in [-0.05, 0) is 12.1 Å². The number of carbonyl (C=O) groups excluding carboxylic acids is 1. The van der Waals surface area contributed by atoms with Gasteiger partial charge in [0.05, 0.1) is 12.0 Å². The van der Waals surface area contributed by atoms with E-state index in [-0.39, 0.29) is 5.91 Å². The Morgan fingerprint density at radius 3 is 2.81 bits per heavy atom. The summed E-state index contributed by atoms with van der Waals surface area (Å²) in [5.41, 5.74) is 0.868. The molecule has 1 N–H and O–H groups in total. The Balaban J connectivity index is 2.36. The summed E-state index contributed by atoms with van der Waals surface area (Å²) in [7, 11) is 1.60. The lowest BCUT2D eigenvalue weighted by atomic mass is 10.2. The van der Waals surface area contributed by atoms with Crippen LogP contribution in [0.4, 0.5) is 0 Å². The summed E-state index contributed by atoms with van der Waals surface area (Å²) in [5, 5.41) is 2.57. The van der Waals surface area contributed by atoms with Gasteiger partial charge in [-0.15, -0.1) is 0 Å². The summed E-state index contributed by atoms with van der Waals surface area (Å²) in [6.45, 7) is 0. The lowest BCUT2D eigenvalue weighted by Crippen LogP contribution is -2.17. The summed E-state index contributed by atoms with van der Waals surface area (Å²) in [6, 6.07) is 7.52. The van der Waals surface area contributed by atoms with Gasteiger partial charge in [-0.3, -0.25) is 4.79 Å². The maximum atomic E-state index is 11.5. The average Bonchev–Trinajstić information content (AvgIpc) is 2.58. The Morgan fingerprint density at radius 2 is 2.19 bits per heavy atom. The summed E-state index contributed by atoms with van der Waals surface area (Å²) >= 11 is 6.17. The number of thioether (sulfide) groups is 1. The average molecular weight is 251 g/mol. The highest BCUT2D eigenvalue weighted by molar-refractivity contribution is 8.26. The molecule has 0 aromatic heterocycles. The van der Waals surface area contributed by atoms with Crippen molar-refractivity contribution in [1.82, 2.24) is 5.32 Å². The van der Waals surface area contributed by atoms with Crippen molar-refractivity contribution in [3.63, 3.8) is 0 Å². The molecule has 5 heteroatoms. The second-order valence-electron chi connectivity index (χ2n) is 3.09. The highest BCUT2D eigenvalue weighted by atomic mass is 32.2. The largest absolute Gasteiger partial charge is 0.496 e. The number of hydrogen-bond donors (Lipinski definition) is 1. The maximum Gasteiger partial charge on any atom is 0.263 e. The van der Waals surface area contributed by atoms with Gasteiger partial charge in [0.1, 0.15) is 10.1 Å². The van der Waals surface area contributed by atoms with E-state index in [0.717, 1.165) is 11.3 Å². The van der Waals surface area contributed by atoms with Gasteiger partial charge in [0.15, 0.2) is 0 Å². The molecular weight excluding hydrogens is 242 g/mol. The number of ether oxygens (including phenoxy) is 1. The number of amides is 1. The van der Waals surface area contributed by atoms with Crippen LogP contribution in [-0.4, -0.2) is 17.3 Å². The molecule has 1 aliphatic rings. The number of carbonyl (C=O) groups is 1. The molecule has 3 nitrogen and oxygen atoms in total. The van der Waals surface area contributed by atoms with Crippen molar-refractivity contribution >= 4 is 40.3 Å². The van der Waals surface area contributed by atoms with Crippen LogP contribution in [0.3, 0.4) is 0 Å². The normalized spacial score (nSPS) is 17.7. The highest BCUT2D eigenvalue weighted by Crippen LogP contribution is 2.28.